The number of carbonyl (C=O) groups is 1. The zero-order valence-corrected chi connectivity index (χ0v) is 12.2. The number of benzene rings is 1. The largest absolute Gasteiger partial charge is 0.450 e. The number of amides is 1. The van der Waals surface area contributed by atoms with Crippen molar-refractivity contribution in [2.45, 2.75) is 13.3 Å². The van der Waals surface area contributed by atoms with E-state index in [-0.39, 0.29) is 18.9 Å². The fraction of sp³-hybridized carbons (Fsp3) is 0.250. The average Bonchev–Trinajstić information content (AvgIpc) is 2.83. The second kappa shape index (κ2) is 6.17. The lowest BCUT2D eigenvalue weighted by Crippen LogP contribution is -2.12. The molecule has 0 spiro atoms. The van der Waals surface area contributed by atoms with E-state index in [9.17, 15) is 14.3 Å². The SMILES string of the molecule is CCOP(=O)(O)N=CCc1cccc2[nH]c(C(N)=O)nc12. The van der Waals surface area contributed by atoms with Crippen molar-refractivity contribution in [2.75, 3.05) is 6.61 Å². The van der Waals surface area contributed by atoms with Crippen LogP contribution < -0.4 is 5.73 Å². The highest BCUT2D eigenvalue weighted by Crippen LogP contribution is 2.42. The van der Waals surface area contributed by atoms with Gasteiger partial charge in [-0.2, -0.15) is 4.76 Å². The van der Waals surface area contributed by atoms with Crippen LogP contribution in [0, 0.1) is 0 Å². The van der Waals surface area contributed by atoms with Gasteiger partial charge in [0.25, 0.3) is 5.91 Å². The number of hydrogen-bond acceptors (Lipinski definition) is 4. The van der Waals surface area contributed by atoms with Crippen molar-refractivity contribution in [3.05, 3.63) is 29.6 Å². The molecular weight excluding hydrogens is 295 g/mol. The van der Waals surface area contributed by atoms with Gasteiger partial charge in [-0.15, -0.1) is 0 Å². The predicted octanol–water partition coefficient (Wildman–Crippen LogP) is 1.41. The highest BCUT2D eigenvalue weighted by atomic mass is 31.2. The molecule has 0 saturated heterocycles. The van der Waals surface area contributed by atoms with Crippen molar-refractivity contribution in [2.24, 2.45) is 10.5 Å². The molecule has 112 valence electrons. The van der Waals surface area contributed by atoms with Gasteiger partial charge in [0.15, 0.2) is 5.82 Å². The summed E-state index contributed by atoms with van der Waals surface area (Å²) in [6, 6.07) is 5.31. The van der Waals surface area contributed by atoms with E-state index >= 15 is 0 Å². The number of nitrogens with zero attached hydrogens (tertiary/aromatic N) is 2. The van der Waals surface area contributed by atoms with Gasteiger partial charge in [-0.1, -0.05) is 12.1 Å². The molecule has 1 atom stereocenters. The molecule has 4 N–H and O–H groups in total. The van der Waals surface area contributed by atoms with Gasteiger partial charge in [0, 0.05) is 12.6 Å². The molecule has 2 rings (SSSR count). The second-order valence-electron chi connectivity index (χ2n) is 4.17. The molecule has 1 amide bonds. The number of nitrogens with one attached hydrogen (secondary N) is 1. The van der Waals surface area contributed by atoms with E-state index in [0.29, 0.717) is 11.0 Å². The standard InChI is InChI=1S/C12H15N4O4P/c1-2-20-21(18,19)14-7-6-8-4-3-5-9-10(8)16-12(15-9)11(13)17/h3-5,7H,2,6H2,1H3,(H2,13,17)(H,15,16)(H,18,19). The molecule has 8 nitrogen and oxygen atoms in total. The molecule has 1 aromatic heterocycles. The maximum absolute atomic E-state index is 11.4. The minimum Gasteiger partial charge on any atom is -0.363 e. The highest BCUT2D eigenvalue weighted by Gasteiger charge is 2.15. The highest BCUT2D eigenvalue weighted by molar-refractivity contribution is 7.51. The fourth-order valence-corrected chi connectivity index (χ4v) is 2.51. The molecule has 0 radical (unpaired) electrons. The van der Waals surface area contributed by atoms with Crippen LogP contribution in [0.3, 0.4) is 0 Å². The van der Waals surface area contributed by atoms with Gasteiger partial charge in [-0.05, 0) is 18.6 Å². The van der Waals surface area contributed by atoms with E-state index in [1.165, 1.54) is 6.21 Å². The number of nitrogens with two attached hydrogens (primary N) is 1. The molecule has 0 aliphatic rings. The van der Waals surface area contributed by atoms with Crippen LogP contribution in [0.25, 0.3) is 11.0 Å². The summed E-state index contributed by atoms with van der Waals surface area (Å²) in [4.78, 5) is 27.4. The molecule has 2 aromatic rings. The Morgan fingerprint density at radius 1 is 1.62 bits per heavy atom. The number of aromatic amines is 1. The maximum atomic E-state index is 11.4. The Labute approximate surface area is 120 Å². The Morgan fingerprint density at radius 3 is 3.05 bits per heavy atom. The summed E-state index contributed by atoms with van der Waals surface area (Å²) in [5.74, 6) is -0.585. The Hall–Kier alpha value is -2.02. The third kappa shape index (κ3) is 3.75. The molecule has 1 heterocycles. The van der Waals surface area contributed by atoms with Gasteiger partial charge in [-0.25, -0.2) is 9.55 Å². The third-order valence-corrected chi connectivity index (χ3v) is 3.72. The number of carbonyl (C=O) groups excluding carboxylic acids is 1. The van der Waals surface area contributed by atoms with Crippen LogP contribution in [0.15, 0.2) is 23.0 Å². The van der Waals surface area contributed by atoms with Crippen LogP contribution in [-0.4, -0.2) is 33.6 Å². The molecule has 0 aliphatic carbocycles. The van der Waals surface area contributed by atoms with E-state index in [4.69, 9.17) is 5.73 Å². The summed E-state index contributed by atoms with van der Waals surface area (Å²) in [6.07, 6.45) is 1.57. The number of H-pyrrole nitrogens is 1. The van der Waals surface area contributed by atoms with Crippen molar-refractivity contribution >= 4 is 30.9 Å². The normalized spacial score (nSPS) is 14.6. The number of hydrogen-bond donors (Lipinski definition) is 3. The van der Waals surface area contributed by atoms with Crippen LogP contribution in [-0.2, 0) is 15.5 Å². The van der Waals surface area contributed by atoms with Gasteiger partial charge < -0.3 is 15.6 Å². The molecule has 0 fully saturated rings. The third-order valence-electron chi connectivity index (χ3n) is 2.67. The number of fused-ring (bicyclic) bond motifs is 1. The molecule has 1 aromatic carbocycles. The molecule has 21 heavy (non-hydrogen) atoms. The van der Waals surface area contributed by atoms with E-state index in [1.54, 1.807) is 25.1 Å². The van der Waals surface area contributed by atoms with Gasteiger partial charge >= 0.3 is 7.75 Å². The fourth-order valence-electron chi connectivity index (χ4n) is 1.82. The maximum Gasteiger partial charge on any atom is 0.450 e. The minimum absolute atomic E-state index is 0.0662. The zero-order valence-electron chi connectivity index (χ0n) is 11.3. The molecular formula is C12H15N4O4P. The first-order valence-corrected chi connectivity index (χ1v) is 7.75. The van der Waals surface area contributed by atoms with E-state index in [2.05, 4.69) is 19.3 Å². The van der Waals surface area contributed by atoms with Crippen molar-refractivity contribution in [3.63, 3.8) is 0 Å². The lowest BCUT2D eigenvalue weighted by atomic mass is 10.1. The predicted molar refractivity (Wildman–Crippen MR) is 78.3 cm³/mol. The van der Waals surface area contributed by atoms with Crippen LogP contribution in [0.1, 0.15) is 23.1 Å². The van der Waals surface area contributed by atoms with Gasteiger partial charge in [-0.3, -0.25) is 9.32 Å². The van der Waals surface area contributed by atoms with Crippen LogP contribution in [0.5, 0.6) is 0 Å². The number of para-hydroxylation sites is 1. The summed E-state index contributed by atoms with van der Waals surface area (Å²) < 4.78 is 19.6. The van der Waals surface area contributed by atoms with Crippen molar-refractivity contribution in [1.29, 1.82) is 0 Å². The van der Waals surface area contributed by atoms with Gasteiger partial charge in [0.1, 0.15) is 0 Å². The van der Waals surface area contributed by atoms with Crippen molar-refractivity contribution in [3.8, 4) is 0 Å². The molecule has 1 unspecified atom stereocenters. The average molecular weight is 310 g/mol. The van der Waals surface area contributed by atoms with Crippen LogP contribution in [0.4, 0.5) is 0 Å². The summed E-state index contributed by atoms with van der Waals surface area (Å²) >= 11 is 0. The quantitative estimate of drug-likeness (QED) is 0.548. The molecule has 9 heteroatoms. The smallest absolute Gasteiger partial charge is 0.363 e. The summed E-state index contributed by atoms with van der Waals surface area (Å²) in [6.45, 7) is 1.70. The minimum atomic E-state index is -3.93. The topological polar surface area (TPSA) is 131 Å². The number of primary amides is 1. The van der Waals surface area contributed by atoms with Gasteiger partial charge in [0.05, 0.1) is 17.6 Å². The van der Waals surface area contributed by atoms with E-state index in [0.717, 1.165) is 5.56 Å². The Balaban J connectivity index is 2.25. The van der Waals surface area contributed by atoms with E-state index < -0.39 is 13.7 Å². The van der Waals surface area contributed by atoms with Crippen LogP contribution >= 0.6 is 7.75 Å². The monoisotopic (exact) mass is 310 g/mol. The lowest BCUT2D eigenvalue weighted by molar-refractivity contribution is 0.0991. The Morgan fingerprint density at radius 2 is 2.38 bits per heavy atom. The van der Waals surface area contributed by atoms with Crippen molar-refractivity contribution < 1.29 is 18.8 Å². The number of aromatic nitrogens is 2. The zero-order chi connectivity index (χ0) is 15.5. The summed E-state index contributed by atoms with van der Waals surface area (Å²) in [5.41, 5.74) is 7.15. The first-order valence-electron chi connectivity index (χ1n) is 6.21. The second-order valence-corrected chi connectivity index (χ2v) is 5.64. The lowest BCUT2D eigenvalue weighted by Gasteiger charge is -2.03. The molecule has 0 aliphatic heterocycles. The number of imidazole rings is 1. The molecule has 0 bridgehead atoms. The first kappa shape index (κ1) is 15.4. The van der Waals surface area contributed by atoms with E-state index in [1.807, 2.05) is 0 Å². The van der Waals surface area contributed by atoms with Crippen LogP contribution in [0.2, 0.25) is 0 Å². The Bertz CT molecular complexity index is 740. The van der Waals surface area contributed by atoms with Crippen molar-refractivity contribution in [1.82, 2.24) is 9.97 Å². The molecule has 0 saturated carbocycles. The Kier molecular flexibility index (Phi) is 4.52. The summed E-state index contributed by atoms with van der Waals surface area (Å²) in [5, 5.41) is 0. The number of rotatable bonds is 6. The summed E-state index contributed by atoms with van der Waals surface area (Å²) in [7, 11) is -3.93. The van der Waals surface area contributed by atoms with Gasteiger partial charge in [0.2, 0.25) is 0 Å². The first-order chi connectivity index (χ1) is 9.93.